The quantitative estimate of drug-likeness (QED) is 0.282. The predicted octanol–water partition coefficient (Wildman–Crippen LogP) is 5.56. The molecule has 8 heteroatoms. The zero-order chi connectivity index (χ0) is 23.8. The summed E-state index contributed by atoms with van der Waals surface area (Å²) in [6.45, 7) is 2.64. The molecule has 176 valence electrons. The third-order valence-corrected chi connectivity index (χ3v) is 6.54. The van der Waals surface area contributed by atoms with E-state index in [1.165, 1.54) is 32.8 Å². The first-order chi connectivity index (χ1) is 16.0. The Bertz CT molecular complexity index is 1180. The number of methoxy groups -OCH3 is 1. The Morgan fingerprint density at radius 3 is 2.48 bits per heavy atom. The van der Waals surface area contributed by atoms with E-state index in [0.717, 1.165) is 30.6 Å². The lowest BCUT2D eigenvalue weighted by Crippen LogP contribution is -2.30. The van der Waals surface area contributed by atoms with Crippen molar-refractivity contribution in [2.24, 2.45) is 0 Å². The molecule has 1 aromatic carbocycles. The number of hydrogen-bond acceptors (Lipinski definition) is 6. The Labute approximate surface area is 197 Å². The van der Waals surface area contributed by atoms with E-state index < -0.39 is 17.4 Å². The number of thiophene rings is 1. The molecule has 1 amide bonds. The molecular formula is C25H30N2O5S. The van der Waals surface area contributed by atoms with E-state index in [-0.39, 0.29) is 21.9 Å². The lowest BCUT2D eigenvalue weighted by molar-refractivity contribution is 0.0607. The van der Waals surface area contributed by atoms with Crippen molar-refractivity contribution >= 4 is 39.8 Å². The first kappa shape index (κ1) is 24.5. The zero-order valence-corrected chi connectivity index (χ0v) is 19.9. The van der Waals surface area contributed by atoms with Crippen LogP contribution in [0.3, 0.4) is 0 Å². The third-order valence-electron chi connectivity index (χ3n) is 5.64. The number of benzene rings is 1. The number of nitrogens with zero attached hydrogens (tertiary/aromatic N) is 1. The van der Waals surface area contributed by atoms with E-state index in [0.29, 0.717) is 17.4 Å². The number of unbranched alkanes of at least 4 members (excludes halogenated alkanes) is 6. The summed E-state index contributed by atoms with van der Waals surface area (Å²) in [4.78, 5) is 38.5. The lowest BCUT2D eigenvalue weighted by atomic mass is 10.1. The average molecular weight is 471 g/mol. The number of carbonyl (C=O) groups excluding carboxylic acids is 2. The fraction of sp³-hybridized carbons (Fsp3) is 0.400. The minimum Gasteiger partial charge on any atom is -0.506 e. The molecule has 33 heavy (non-hydrogen) atoms. The van der Waals surface area contributed by atoms with Gasteiger partial charge in [0, 0.05) is 11.9 Å². The van der Waals surface area contributed by atoms with Crippen LogP contribution in [0.4, 0.5) is 5.69 Å². The van der Waals surface area contributed by atoms with Gasteiger partial charge < -0.3 is 19.7 Å². The molecule has 0 bridgehead atoms. The fourth-order valence-electron chi connectivity index (χ4n) is 3.89. The van der Waals surface area contributed by atoms with E-state index in [4.69, 9.17) is 4.74 Å². The van der Waals surface area contributed by atoms with Crippen LogP contribution in [0.25, 0.3) is 10.9 Å². The summed E-state index contributed by atoms with van der Waals surface area (Å²) in [7, 11) is 1.26. The van der Waals surface area contributed by atoms with Crippen LogP contribution in [0.1, 0.15) is 71.9 Å². The SMILES string of the molecule is CCCCCCCCCn1c(=O)c(C(=O)Nc2ccsc2C(=O)OC)c(O)c2ccccc21. The molecule has 2 N–H and O–H groups in total. The van der Waals surface area contributed by atoms with E-state index in [2.05, 4.69) is 12.2 Å². The van der Waals surface area contributed by atoms with Crippen LogP contribution in [0, 0.1) is 0 Å². The van der Waals surface area contributed by atoms with Gasteiger partial charge in [0.25, 0.3) is 11.5 Å². The Morgan fingerprint density at radius 1 is 1.06 bits per heavy atom. The van der Waals surface area contributed by atoms with E-state index in [9.17, 15) is 19.5 Å². The minimum atomic E-state index is -0.764. The molecule has 0 fully saturated rings. The van der Waals surface area contributed by atoms with Crippen molar-refractivity contribution in [2.45, 2.75) is 58.4 Å². The van der Waals surface area contributed by atoms with Crippen molar-refractivity contribution in [2.75, 3.05) is 12.4 Å². The number of aromatic hydroxyl groups is 1. The van der Waals surface area contributed by atoms with Gasteiger partial charge in [0.1, 0.15) is 16.2 Å². The van der Waals surface area contributed by atoms with Gasteiger partial charge in [0.05, 0.1) is 18.3 Å². The molecule has 0 aliphatic rings. The molecule has 0 saturated heterocycles. The van der Waals surface area contributed by atoms with Crippen LogP contribution in [-0.2, 0) is 11.3 Å². The molecule has 7 nitrogen and oxygen atoms in total. The molecular weight excluding hydrogens is 440 g/mol. The number of para-hydroxylation sites is 1. The van der Waals surface area contributed by atoms with Gasteiger partial charge >= 0.3 is 5.97 Å². The summed E-state index contributed by atoms with van der Waals surface area (Å²) in [5.41, 5.74) is -0.0565. The second kappa shape index (κ2) is 11.7. The molecule has 3 rings (SSSR count). The minimum absolute atomic E-state index is 0.217. The maximum Gasteiger partial charge on any atom is 0.350 e. The molecule has 0 aliphatic heterocycles. The summed E-state index contributed by atoms with van der Waals surface area (Å²) < 4.78 is 6.30. The van der Waals surface area contributed by atoms with E-state index in [1.807, 2.05) is 0 Å². The molecule has 2 aromatic heterocycles. The Kier molecular flexibility index (Phi) is 8.65. The van der Waals surface area contributed by atoms with Crippen LogP contribution in [0.2, 0.25) is 0 Å². The zero-order valence-electron chi connectivity index (χ0n) is 19.1. The van der Waals surface area contributed by atoms with Crippen LogP contribution in [0.15, 0.2) is 40.5 Å². The first-order valence-corrected chi connectivity index (χ1v) is 12.2. The van der Waals surface area contributed by atoms with Gasteiger partial charge in [-0.05, 0) is 30.0 Å². The molecule has 2 heterocycles. The molecule has 0 radical (unpaired) electrons. The van der Waals surface area contributed by atoms with E-state index in [1.54, 1.807) is 40.3 Å². The fourth-order valence-corrected chi connectivity index (χ4v) is 4.65. The Hall–Kier alpha value is -3.13. The summed E-state index contributed by atoms with van der Waals surface area (Å²) in [5, 5.41) is 15.5. The Balaban J connectivity index is 1.88. The summed E-state index contributed by atoms with van der Waals surface area (Å²) in [6, 6.07) is 8.57. The largest absolute Gasteiger partial charge is 0.506 e. The van der Waals surface area contributed by atoms with Crippen molar-refractivity contribution < 1.29 is 19.4 Å². The predicted molar refractivity (Wildman–Crippen MR) is 131 cm³/mol. The number of anilines is 1. The molecule has 0 atom stereocenters. The first-order valence-electron chi connectivity index (χ1n) is 11.3. The van der Waals surface area contributed by atoms with Crippen molar-refractivity contribution in [1.29, 1.82) is 0 Å². The van der Waals surface area contributed by atoms with Crippen LogP contribution < -0.4 is 10.9 Å². The number of ether oxygens (including phenoxy) is 1. The number of nitrogens with one attached hydrogen (secondary N) is 1. The highest BCUT2D eigenvalue weighted by Gasteiger charge is 2.24. The molecule has 0 unspecified atom stereocenters. The standard InChI is InChI=1S/C25H30N2O5S/c1-3-4-5-6-7-8-11-15-27-19-13-10-9-12-17(19)21(28)20(24(27)30)23(29)26-18-14-16-33-22(18)25(31)32-2/h9-10,12-14,16,28H,3-8,11,15H2,1-2H3,(H,26,29). The van der Waals surface area contributed by atoms with Gasteiger partial charge in [0.2, 0.25) is 0 Å². The van der Waals surface area contributed by atoms with Gasteiger partial charge in [0.15, 0.2) is 0 Å². The number of carbonyl (C=O) groups is 2. The maximum atomic E-state index is 13.3. The second-order valence-corrected chi connectivity index (χ2v) is 8.84. The average Bonchev–Trinajstić information content (AvgIpc) is 3.28. The topological polar surface area (TPSA) is 97.6 Å². The highest BCUT2D eigenvalue weighted by Crippen LogP contribution is 2.29. The number of aromatic nitrogens is 1. The highest BCUT2D eigenvalue weighted by atomic mass is 32.1. The molecule has 0 aliphatic carbocycles. The summed E-state index contributed by atoms with van der Waals surface area (Å²) in [6.07, 6.45) is 7.74. The number of rotatable bonds is 11. The normalized spacial score (nSPS) is 11.0. The Morgan fingerprint density at radius 2 is 1.76 bits per heavy atom. The van der Waals surface area contributed by atoms with Crippen LogP contribution in [0.5, 0.6) is 5.75 Å². The van der Waals surface area contributed by atoms with Crippen molar-refractivity contribution in [3.8, 4) is 5.75 Å². The number of amides is 1. The third kappa shape index (κ3) is 5.63. The number of esters is 1. The van der Waals surface area contributed by atoms with E-state index >= 15 is 0 Å². The molecule has 0 saturated carbocycles. The van der Waals surface area contributed by atoms with Crippen LogP contribution >= 0.6 is 11.3 Å². The van der Waals surface area contributed by atoms with Crippen molar-refractivity contribution in [1.82, 2.24) is 4.57 Å². The summed E-state index contributed by atoms with van der Waals surface area (Å²) in [5.74, 6) is -1.71. The maximum absolute atomic E-state index is 13.3. The van der Waals surface area contributed by atoms with Crippen LogP contribution in [-0.4, -0.2) is 28.7 Å². The lowest BCUT2D eigenvalue weighted by Gasteiger charge is -2.15. The van der Waals surface area contributed by atoms with Crippen molar-refractivity contribution in [3.05, 3.63) is 56.5 Å². The number of pyridine rings is 1. The highest BCUT2D eigenvalue weighted by molar-refractivity contribution is 7.12. The van der Waals surface area contributed by atoms with Gasteiger partial charge in [-0.2, -0.15) is 0 Å². The monoisotopic (exact) mass is 470 g/mol. The van der Waals surface area contributed by atoms with Gasteiger partial charge in [-0.3, -0.25) is 9.59 Å². The second-order valence-electron chi connectivity index (χ2n) is 7.93. The number of hydrogen-bond donors (Lipinski definition) is 2. The molecule has 0 spiro atoms. The van der Waals surface area contributed by atoms with Gasteiger partial charge in [-0.25, -0.2) is 4.79 Å². The van der Waals surface area contributed by atoms with Gasteiger partial charge in [-0.15, -0.1) is 11.3 Å². The van der Waals surface area contributed by atoms with Crippen molar-refractivity contribution in [3.63, 3.8) is 0 Å². The summed E-state index contributed by atoms with van der Waals surface area (Å²) >= 11 is 1.12. The number of fused-ring (bicyclic) bond motifs is 1. The smallest absolute Gasteiger partial charge is 0.350 e. The van der Waals surface area contributed by atoms with Gasteiger partial charge in [-0.1, -0.05) is 57.6 Å². The molecule has 3 aromatic rings. The number of aryl methyl sites for hydroxylation is 1.